The number of hydrogen-bond acceptors (Lipinski definition) is 17. The molecule has 92 heavy (non-hydrogen) atoms. The summed E-state index contributed by atoms with van der Waals surface area (Å²) in [5.41, 5.74) is 0.306. The third kappa shape index (κ3) is 21.1. The van der Waals surface area contributed by atoms with Crippen molar-refractivity contribution in [1.29, 1.82) is 0 Å². The van der Waals surface area contributed by atoms with Gasteiger partial charge in [0.15, 0.2) is 0 Å². The van der Waals surface area contributed by atoms with Gasteiger partial charge in [0.1, 0.15) is 35.7 Å². The second kappa shape index (κ2) is 35.6. The van der Waals surface area contributed by atoms with Gasteiger partial charge in [0.25, 0.3) is 21.9 Å². The number of amides is 10. The molecule has 0 bridgehead atoms. The first-order valence-electron chi connectivity index (χ1n) is 31.2. The minimum atomic E-state index is -5.04. The molecule has 512 valence electrons. The van der Waals surface area contributed by atoms with Crippen molar-refractivity contribution in [2.75, 3.05) is 59.9 Å². The molecule has 2 heterocycles. The van der Waals surface area contributed by atoms with Gasteiger partial charge in [-0.2, -0.15) is 8.42 Å². The van der Waals surface area contributed by atoms with Crippen molar-refractivity contribution in [3.8, 4) is 0 Å². The number of nitrogens with zero attached hydrogens (tertiary/aromatic N) is 4. The van der Waals surface area contributed by atoms with Crippen LogP contribution in [0, 0.1) is 29.6 Å². The number of methoxy groups -OCH3 is 2. The lowest BCUT2D eigenvalue weighted by atomic mass is 9.89. The van der Waals surface area contributed by atoms with Crippen molar-refractivity contribution in [2.24, 2.45) is 29.6 Å². The molecule has 0 aromatic heterocycles. The molecule has 27 nitrogen and oxygen atoms in total. The summed E-state index contributed by atoms with van der Waals surface area (Å²) < 4.78 is 58.7. The summed E-state index contributed by atoms with van der Waals surface area (Å²) in [6.07, 6.45) is 0.242. The van der Waals surface area contributed by atoms with Crippen molar-refractivity contribution >= 4 is 75.1 Å². The van der Waals surface area contributed by atoms with E-state index in [4.69, 9.17) is 18.9 Å². The van der Waals surface area contributed by atoms with Crippen molar-refractivity contribution < 1.29 is 85.0 Å². The third-order valence-electron chi connectivity index (χ3n) is 16.9. The zero-order chi connectivity index (χ0) is 69.1. The van der Waals surface area contributed by atoms with Crippen molar-refractivity contribution in [3.05, 3.63) is 71.8 Å². The van der Waals surface area contributed by atoms with Crippen LogP contribution in [0.2, 0.25) is 0 Å². The van der Waals surface area contributed by atoms with Crippen LogP contribution in [-0.4, -0.2) is 206 Å². The molecule has 0 aliphatic carbocycles. The maximum Gasteiger partial charge on any atom is 0.410 e. The summed E-state index contributed by atoms with van der Waals surface area (Å²) in [4.78, 5) is 138. The minimum absolute atomic E-state index is 0.00374. The highest BCUT2D eigenvalue weighted by atomic mass is 32.2. The number of rotatable bonds is 35. The highest BCUT2D eigenvalue weighted by molar-refractivity contribution is 7.85. The fraction of sp³-hybridized carbons (Fsp3) is 0.625. The third-order valence-corrected chi connectivity index (χ3v) is 17.8. The number of hydrogen-bond donors (Lipinski definition) is 7. The molecule has 0 radical (unpaired) electrons. The van der Waals surface area contributed by atoms with Gasteiger partial charge >= 0.3 is 6.09 Å². The summed E-state index contributed by atoms with van der Waals surface area (Å²) in [6.45, 7) is 18.4. The van der Waals surface area contributed by atoms with Gasteiger partial charge in [-0.15, -0.1) is 0 Å². The zero-order valence-electron chi connectivity index (χ0n) is 55.6. The van der Waals surface area contributed by atoms with Gasteiger partial charge in [-0.25, -0.2) is 4.79 Å². The molecule has 2 aliphatic rings. The molecule has 12 atom stereocenters. The quantitative estimate of drug-likeness (QED) is 0.0294. The standard InChI is InChI=1S/C64H97N9O18S/c1-16-39(8)56(47(88-14)34-52(77)72-29-20-23-46(72)58(89-15)40(9)59(79)65-41(10)57(78)43-21-18-17-19-22-43)70(12)63(83)54(37(4)5)69-62(82)55(38(6)7)71(13)64(84)91-35-44-24-25-45(33-48(44)92(85,86)87)67-60(80)42(11)66-61(81)53(36(2)3)68-49(74)28-31-90-32-30-73-50(75)26-27-51(73)76/h17-19,21-22,24-27,33,36-42,46-47,53-58,78H,16,20,23,28-32,34-35H2,1-15H3,(H,65,79)(H,66,81)(H,67,80)(H,68,74)(H,69,82)(H,85,86,87)/t39-,40+,41+,42-,46-,47+,53-,54-,55-,56-,57+,58+/m0/s1. The fourth-order valence-corrected chi connectivity index (χ4v) is 12.1. The van der Waals surface area contributed by atoms with Crippen LogP contribution in [0.25, 0.3) is 0 Å². The van der Waals surface area contributed by atoms with Gasteiger partial charge < -0.3 is 60.4 Å². The number of aliphatic hydroxyl groups excluding tert-OH is 1. The highest BCUT2D eigenvalue weighted by Crippen LogP contribution is 2.31. The molecule has 0 spiro atoms. The van der Waals surface area contributed by atoms with Crippen molar-refractivity contribution in [1.82, 2.24) is 40.9 Å². The van der Waals surface area contributed by atoms with E-state index in [0.29, 0.717) is 31.4 Å². The average Bonchev–Trinajstić information content (AvgIpc) is 1.17. The molecule has 28 heteroatoms. The Morgan fingerprint density at radius 2 is 1.37 bits per heavy atom. The van der Waals surface area contributed by atoms with Crippen LogP contribution in [0.1, 0.15) is 125 Å². The van der Waals surface area contributed by atoms with Gasteiger partial charge in [0.05, 0.1) is 68.5 Å². The summed E-state index contributed by atoms with van der Waals surface area (Å²) in [5, 5.41) is 24.3. The Morgan fingerprint density at radius 1 is 0.739 bits per heavy atom. The first-order chi connectivity index (χ1) is 43.2. The molecule has 2 aliphatic heterocycles. The Bertz CT molecular complexity index is 3020. The van der Waals surface area contributed by atoms with E-state index in [9.17, 15) is 66.0 Å². The Hall–Kier alpha value is -7.37. The Morgan fingerprint density at radius 3 is 1.93 bits per heavy atom. The molecule has 2 aromatic carbocycles. The summed E-state index contributed by atoms with van der Waals surface area (Å²) in [6, 6.07) is 5.86. The number of imide groups is 1. The highest BCUT2D eigenvalue weighted by Gasteiger charge is 2.44. The first-order valence-corrected chi connectivity index (χ1v) is 32.6. The monoisotopic (exact) mass is 1310 g/mol. The van der Waals surface area contributed by atoms with Crippen LogP contribution in [0.4, 0.5) is 10.5 Å². The van der Waals surface area contributed by atoms with Gasteiger partial charge in [-0.1, -0.05) is 105 Å². The van der Waals surface area contributed by atoms with E-state index in [2.05, 4.69) is 26.6 Å². The number of likely N-dealkylation sites (tertiary alicyclic amines) is 1. The molecule has 1 saturated heterocycles. The van der Waals surface area contributed by atoms with Crippen molar-refractivity contribution in [2.45, 2.75) is 180 Å². The topological polar surface area (TPSA) is 355 Å². The largest absolute Gasteiger partial charge is 0.444 e. The summed E-state index contributed by atoms with van der Waals surface area (Å²) in [7, 11) is 0.795. The molecule has 1 fully saturated rings. The van der Waals surface area contributed by atoms with E-state index in [-0.39, 0.29) is 61.6 Å². The van der Waals surface area contributed by atoms with Crippen molar-refractivity contribution in [3.63, 3.8) is 0 Å². The normalized spacial score (nSPS) is 17.8. The molecular formula is C64H97N9O18S. The van der Waals surface area contributed by atoms with Gasteiger partial charge in [0.2, 0.25) is 41.4 Å². The lowest BCUT2D eigenvalue weighted by molar-refractivity contribution is -0.148. The molecule has 0 saturated carbocycles. The first kappa shape index (κ1) is 77.1. The molecule has 0 unspecified atom stereocenters. The Balaban J connectivity index is 1.39. The van der Waals surface area contributed by atoms with Crippen LogP contribution in [0.3, 0.4) is 0 Å². The maximum atomic E-state index is 14.8. The van der Waals surface area contributed by atoms with Gasteiger partial charge in [0, 0.05) is 64.7 Å². The average molecular weight is 1310 g/mol. The van der Waals surface area contributed by atoms with E-state index in [1.807, 2.05) is 19.9 Å². The second-order valence-corrected chi connectivity index (χ2v) is 26.0. The van der Waals surface area contributed by atoms with Crippen LogP contribution in [-0.2, 0) is 78.8 Å². The molecular weight excluding hydrogens is 1210 g/mol. The van der Waals surface area contributed by atoms with Crippen LogP contribution in [0.5, 0.6) is 0 Å². The molecule has 2 aromatic rings. The lowest BCUT2D eigenvalue weighted by Gasteiger charge is -2.41. The van der Waals surface area contributed by atoms with Crippen LogP contribution in [0.15, 0.2) is 65.6 Å². The lowest BCUT2D eigenvalue weighted by Crippen LogP contribution is -2.60. The Labute approximate surface area is 540 Å². The zero-order valence-corrected chi connectivity index (χ0v) is 56.4. The number of benzene rings is 2. The number of carbonyl (C=O) groups excluding carboxylic acids is 10. The smallest absolute Gasteiger partial charge is 0.410 e. The molecule has 10 amide bonds. The number of likely N-dealkylation sites (N-methyl/N-ethyl adjacent to an activating group) is 2. The van der Waals surface area contributed by atoms with Crippen LogP contribution >= 0.6 is 0 Å². The number of carbonyl (C=O) groups is 10. The predicted octanol–water partition coefficient (Wildman–Crippen LogP) is 3.74. The van der Waals surface area contributed by atoms with E-state index in [1.165, 1.54) is 45.2 Å². The van der Waals surface area contributed by atoms with E-state index in [1.54, 1.807) is 91.6 Å². The van der Waals surface area contributed by atoms with Gasteiger partial charge in [-0.3, -0.25) is 57.5 Å². The molecule has 7 N–H and O–H groups in total. The summed E-state index contributed by atoms with van der Waals surface area (Å²) in [5.74, 6) is -7.28. The van der Waals surface area contributed by atoms with E-state index in [0.717, 1.165) is 28.0 Å². The van der Waals surface area contributed by atoms with E-state index >= 15 is 0 Å². The number of anilines is 1. The number of ether oxygens (including phenoxy) is 4. The van der Waals surface area contributed by atoms with Gasteiger partial charge in [-0.05, 0) is 68.1 Å². The van der Waals surface area contributed by atoms with Crippen LogP contribution < -0.4 is 26.6 Å². The predicted molar refractivity (Wildman–Crippen MR) is 339 cm³/mol. The number of nitrogens with one attached hydrogen (secondary N) is 5. The minimum Gasteiger partial charge on any atom is -0.444 e. The fourth-order valence-electron chi connectivity index (χ4n) is 11.4. The maximum absolute atomic E-state index is 14.8. The Kier molecular flexibility index (Phi) is 29.8. The SMILES string of the molecule is CC[C@H](C)[C@@H]([C@@H](CC(=O)N1CCC[C@H]1[C@H](OC)[C@@H](C)C(=O)N[C@H](C)[C@@H](O)c1ccccc1)OC)N(C)C(=O)[C@@H](NC(=O)[C@H](C(C)C)N(C)C(=O)OCc1ccc(NC(=O)[C@H](C)NC(=O)[C@@H](NC(=O)CCOCCN2C(=O)C=CC2=O)C(C)C)cc1S(=O)(=O)O)C(C)C. The second-order valence-electron chi connectivity index (χ2n) is 24.7. The number of aliphatic hydroxyl groups is 1. The molecule has 4 rings (SSSR count). The van der Waals surface area contributed by atoms with E-state index < -0.39 is 153 Å². The summed E-state index contributed by atoms with van der Waals surface area (Å²) >= 11 is 0.